The van der Waals surface area contributed by atoms with Gasteiger partial charge in [-0.2, -0.15) is 0 Å². The van der Waals surface area contributed by atoms with E-state index in [2.05, 4.69) is 15.6 Å². The van der Waals surface area contributed by atoms with Gasteiger partial charge in [0, 0.05) is 17.5 Å². The number of rotatable bonds is 4. The molecule has 2 heterocycles. The first-order valence-corrected chi connectivity index (χ1v) is 8.97. The molecule has 122 valence electrons. The summed E-state index contributed by atoms with van der Waals surface area (Å²) in [6.07, 6.45) is 4.77. The lowest BCUT2D eigenvalue weighted by Gasteiger charge is -2.30. The van der Waals surface area contributed by atoms with Crippen molar-refractivity contribution in [2.75, 3.05) is 6.61 Å². The lowest BCUT2D eigenvalue weighted by molar-refractivity contribution is -0.00917. The highest BCUT2D eigenvalue weighted by atomic mass is 32.1. The van der Waals surface area contributed by atoms with Crippen LogP contribution in [0, 0.1) is 19.8 Å². The van der Waals surface area contributed by atoms with Crippen LogP contribution in [0.3, 0.4) is 0 Å². The largest absolute Gasteiger partial charge is 0.378 e. The Labute approximate surface area is 135 Å². The smallest absolute Gasteiger partial charge is 0.315 e. The number of nitrogens with one attached hydrogen (secondary N) is 2. The van der Waals surface area contributed by atoms with Crippen LogP contribution in [0.25, 0.3) is 0 Å². The van der Waals surface area contributed by atoms with E-state index in [4.69, 9.17) is 4.74 Å². The molecule has 0 bridgehead atoms. The minimum absolute atomic E-state index is 0.00901. The van der Waals surface area contributed by atoms with Crippen molar-refractivity contribution in [3.05, 3.63) is 15.6 Å². The summed E-state index contributed by atoms with van der Waals surface area (Å²) in [6.45, 7) is 6.76. The summed E-state index contributed by atoms with van der Waals surface area (Å²) in [5, 5.41) is 7.19. The number of carbonyl (C=O) groups excluding carboxylic acids is 1. The Hall–Kier alpha value is -1.14. The maximum Gasteiger partial charge on any atom is 0.315 e. The third-order valence-corrected chi connectivity index (χ3v) is 5.73. The monoisotopic (exact) mass is 323 g/mol. The predicted octanol–water partition coefficient (Wildman–Crippen LogP) is 3.08. The molecule has 1 aromatic heterocycles. The van der Waals surface area contributed by atoms with Crippen molar-refractivity contribution in [3.63, 3.8) is 0 Å². The van der Waals surface area contributed by atoms with Crippen LogP contribution in [0.15, 0.2) is 0 Å². The molecule has 2 aliphatic rings. The van der Waals surface area contributed by atoms with Crippen molar-refractivity contribution >= 4 is 17.4 Å². The van der Waals surface area contributed by atoms with Gasteiger partial charge in [0.05, 0.1) is 22.8 Å². The van der Waals surface area contributed by atoms with Crippen LogP contribution < -0.4 is 10.6 Å². The fourth-order valence-corrected chi connectivity index (χ4v) is 4.12. The zero-order valence-electron chi connectivity index (χ0n) is 13.5. The van der Waals surface area contributed by atoms with Gasteiger partial charge in [-0.1, -0.05) is 0 Å². The number of nitrogens with zero attached hydrogens (tertiary/aromatic N) is 1. The molecule has 1 saturated carbocycles. The van der Waals surface area contributed by atoms with Gasteiger partial charge in [-0.15, -0.1) is 11.3 Å². The fraction of sp³-hybridized carbons (Fsp3) is 0.750. The maximum atomic E-state index is 12.2. The number of aromatic nitrogens is 1. The first-order chi connectivity index (χ1) is 10.5. The minimum Gasteiger partial charge on any atom is -0.378 e. The molecule has 0 unspecified atom stereocenters. The predicted molar refractivity (Wildman–Crippen MR) is 87.2 cm³/mol. The van der Waals surface area contributed by atoms with Gasteiger partial charge < -0.3 is 15.4 Å². The first-order valence-electron chi connectivity index (χ1n) is 8.15. The van der Waals surface area contributed by atoms with Crippen LogP contribution in [0.1, 0.15) is 54.2 Å². The number of ether oxygens (including phenoxy) is 1. The van der Waals surface area contributed by atoms with E-state index in [0.29, 0.717) is 6.10 Å². The number of carbonyl (C=O) groups is 1. The second-order valence-electron chi connectivity index (χ2n) is 6.49. The van der Waals surface area contributed by atoms with Gasteiger partial charge in [0.25, 0.3) is 0 Å². The van der Waals surface area contributed by atoms with E-state index < -0.39 is 0 Å². The van der Waals surface area contributed by atoms with Crippen molar-refractivity contribution < 1.29 is 9.53 Å². The van der Waals surface area contributed by atoms with Crippen LogP contribution in [-0.2, 0) is 4.74 Å². The van der Waals surface area contributed by atoms with E-state index in [1.54, 1.807) is 11.3 Å². The Kier molecular flexibility index (Phi) is 4.68. The van der Waals surface area contributed by atoms with Gasteiger partial charge in [-0.3, -0.25) is 0 Å². The summed E-state index contributed by atoms with van der Waals surface area (Å²) in [5.74, 6) is 0.731. The van der Waals surface area contributed by atoms with Gasteiger partial charge in [-0.25, -0.2) is 9.78 Å². The van der Waals surface area contributed by atoms with E-state index in [0.717, 1.165) is 40.9 Å². The lowest BCUT2D eigenvalue weighted by Crippen LogP contribution is -2.47. The number of aryl methyl sites for hydroxylation is 2. The molecule has 0 radical (unpaired) electrons. The molecule has 1 aliphatic carbocycles. The molecule has 3 rings (SSSR count). The topological polar surface area (TPSA) is 63.2 Å². The average molecular weight is 323 g/mol. The molecule has 1 aromatic rings. The van der Waals surface area contributed by atoms with Gasteiger partial charge in [0.15, 0.2) is 0 Å². The Morgan fingerprint density at radius 3 is 2.77 bits per heavy atom. The van der Waals surface area contributed by atoms with Crippen molar-refractivity contribution in [2.24, 2.45) is 5.92 Å². The third-order valence-electron chi connectivity index (χ3n) is 4.48. The van der Waals surface area contributed by atoms with Crippen LogP contribution in [-0.4, -0.2) is 29.8 Å². The van der Waals surface area contributed by atoms with Gasteiger partial charge in [0.2, 0.25) is 0 Å². The maximum absolute atomic E-state index is 12.2. The third kappa shape index (κ3) is 3.79. The molecule has 1 saturated heterocycles. The number of amides is 2. The number of hydrogen-bond donors (Lipinski definition) is 2. The molecule has 2 fully saturated rings. The molecule has 0 spiro atoms. The van der Waals surface area contributed by atoms with Crippen LogP contribution in [0.4, 0.5) is 4.79 Å². The van der Waals surface area contributed by atoms with Crippen LogP contribution in [0.2, 0.25) is 0 Å². The minimum atomic E-state index is -0.0839. The van der Waals surface area contributed by atoms with Crippen molar-refractivity contribution in [2.45, 2.75) is 64.6 Å². The average Bonchev–Trinajstić information content (AvgIpc) is 3.24. The summed E-state index contributed by atoms with van der Waals surface area (Å²) in [5.41, 5.74) is 1.01. The molecule has 5 nitrogen and oxygen atoms in total. The summed E-state index contributed by atoms with van der Waals surface area (Å²) in [7, 11) is 0. The van der Waals surface area contributed by atoms with Gasteiger partial charge in [-0.05, 0) is 52.4 Å². The van der Waals surface area contributed by atoms with E-state index in [9.17, 15) is 4.79 Å². The molecule has 2 N–H and O–H groups in total. The Morgan fingerprint density at radius 2 is 2.14 bits per heavy atom. The SMILES string of the molecule is Cc1nc(C)c([C@H](C)NC(=O)N[C@H]2CCO[C@@H](C3CC3)C2)s1. The molecule has 2 amide bonds. The van der Waals surface area contributed by atoms with Crippen molar-refractivity contribution in [1.82, 2.24) is 15.6 Å². The summed E-state index contributed by atoms with van der Waals surface area (Å²) in [6, 6.07) is 0.139. The van der Waals surface area contributed by atoms with E-state index >= 15 is 0 Å². The summed E-state index contributed by atoms with van der Waals surface area (Å²) < 4.78 is 5.80. The standard InChI is InChI=1S/C16H25N3O2S/c1-9-15(22-11(3)17-9)10(2)18-16(20)19-13-6-7-21-14(8-13)12-4-5-12/h10,12-14H,4-8H2,1-3H3,(H2,18,19,20)/t10-,13-,14+/m0/s1. The van der Waals surface area contributed by atoms with Gasteiger partial charge >= 0.3 is 6.03 Å². The second-order valence-corrected chi connectivity index (χ2v) is 7.72. The molecule has 3 atom stereocenters. The highest BCUT2D eigenvalue weighted by Crippen LogP contribution is 2.38. The summed E-state index contributed by atoms with van der Waals surface area (Å²) >= 11 is 1.65. The zero-order chi connectivity index (χ0) is 15.7. The molecular formula is C16H25N3O2S. The van der Waals surface area contributed by atoms with Crippen LogP contribution >= 0.6 is 11.3 Å². The fourth-order valence-electron chi connectivity index (χ4n) is 3.19. The molecular weight excluding hydrogens is 298 g/mol. The number of hydrogen-bond acceptors (Lipinski definition) is 4. The quantitative estimate of drug-likeness (QED) is 0.895. The zero-order valence-corrected chi connectivity index (χ0v) is 14.3. The van der Waals surface area contributed by atoms with Crippen LogP contribution in [0.5, 0.6) is 0 Å². The molecule has 1 aliphatic heterocycles. The number of urea groups is 1. The van der Waals surface area contributed by atoms with Crippen molar-refractivity contribution in [1.29, 1.82) is 0 Å². The normalized spacial score (nSPS) is 26.5. The number of thiazole rings is 1. The van der Waals surface area contributed by atoms with E-state index in [1.165, 1.54) is 12.8 Å². The molecule has 6 heteroatoms. The Balaban J connectivity index is 1.50. The Bertz CT molecular complexity index is 541. The highest BCUT2D eigenvalue weighted by Gasteiger charge is 2.36. The lowest BCUT2D eigenvalue weighted by atomic mass is 10.0. The van der Waals surface area contributed by atoms with E-state index in [1.807, 2.05) is 20.8 Å². The Morgan fingerprint density at radius 1 is 1.36 bits per heavy atom. The summed E-state index contributed by atoms with van der Waals surface area (Å²) in [4.78, 5) is 17.8. The first kappa shape index (κ1) is 15.7. The highest BCUT2D eigenvalue weighted by molar-refractivity contribution is 7.11. The molecule has 22 heavy (non-hydrogen) atoms. The second kappa shape index (κ2) is 6.54. The van der Waals surface area contributed by atoms with E-state index in [-0.39, 0.29) is 18.1 Å². The molecule has 0 aromatic carbocycles. The van der Waals surface area contributed by atoms with Gasteiger partial charge in [0.1, 0.15) is 0 Å². The van der Waals surface area contributed by atoms with Crippen molar-refractivity contribution in [3.8, 4) is 0 Å².